The number of nitrogens with zero attached hydrogens (tertiary/aromatic N) is 4. The molecule has 1 N–H and O–H groups in total. The lowest BCUT2D eigenvalue weighted by Crippen LogP contribution is -2.32. The van der Waals surface area contributed by atoms with Crippen LogP contribution >= 0.6 is 0 Å². The van der Waals surface area contributed by atoms with E-state index in [2.05, 4.69) is 62.0 Å². The second kappa shape index (κ2) is 14.2. The first-order valence-corrected chi connectivity index (χ1v) is 18.3. The number of benzene rings is 1. The number of aromatic nitrogens is 2. The highest BCUT2D eigenvalue weighted by Gasteiger charge is 2.25. The highest BCUT2D eigenvalue weighted by atomic mass is 28.3. The zero-order chi connectivity index (χ0) is 30.2. The number of hydrogen-bond donors (Lipinski definition) is 1. The Balaban J connectivity index is 1.83. The van der Waals surface area contributed by atoms with E-state index in [4.69, 9.17) is 4.74 Å². The Labute approximate surface area is 246 Å². The summed E-state index contributed by atoms with van der Waals surface area (Å²) in [5.74, 6) is 0.0663. The van der Waals surface area contributed by atoms with Crippen molar-refractivity contribution in [1.29, 1.82) is 5.26 Å². The van der Waals surface area contributed by atoms with Crippen molar-refractivity contribution in [2.24, 2.45) is 5.41 Å². The zero-order valence-electron chi connectivity index (χ0n) is 26.0. The molecule has 1 amide bonds. The summed E-state index contributed by atoms with van der Waals surface area (Å²) >= 11 is 0. The lowest BCUT2D eigenvalue weighted by Gasteiger charge is -2.29. The summed E-state index contributed by atoms with van der Waals surface area (Å²) < 4.78 is 7.53. The van der Waals surface area contributed by atoms with Crippen LogP contribution in [0.1, 0.15) is 66.1 Å². The number of ether oxygens (including phenoxy) is 1. The monoisotopic (exact) mass is 577 g/mol. The molecule has 0 saturated carbocycles. The minimum Gasteiger partial charge on any atom is -0.361 e. The number of imidazole rings is 1. The number of allylic oxidation sites excluding steroid dienone is 2. The van der Waals surface area contributed by atoms with Gasteiger partial charge in [-0.05, 0) is 67.1 Å². The Bertz CT molecular complexity index is 1300. The molecule has 0 spiro atoms. The molecule has 2 aromatic rings. The molecule has 0 fully saturated rings. The zero-order valence-corrected chi connectivity index (χ0v) is 27.0. The van der Waals surface area contributed by atoms with Crippen LogP contribution < -0.4 is 5.32 Å². The van der Waals surface area contributed by atoms with Crippen molar-refractivity contribution in [2.45, 2.75) is 78.4 Å². The first-order chi connectivity index (χ1) is 19.3. The number of hydrogen-bond acceptors (Lipinski definition) is 6. The summed E-state index contributed by atoms with van der Waals surface area (Å²) in [6.07, 6.45) is 7.27. The van der Waals surface area contributed by atoms with E-state index in [-0.39, 0.29) is 48.2 Å². The molecular formula is C32H47N5O3Si. The van der Waals surface area contributed by atoms with E-state index < -0.39 is 8.07 Å². The van der Waals surface area contributed by atoms with Crippen LogP contribution in [0.3, 0.4) is 0 Å². The predicted molar refractivity (Wildman–Crippen MR) is 166 cm³/mol. The molecule has 0 unspecified atom stereocenters. The summed E-state index contributed by atoms with van der Waals surface area (Å²) in [5.41, 5.74) is 4.53. The van der Waals surface area contributed by atoms with Crippen molar-refractivity contribution in [3.63, 3.8) is 0 Å². The molecule has 3 rings (SSSR count). The summed E-state index contributed by atoms with van der Waals surface area (Å²) in [7, 11) is 2.71. The standard InChI is InChI=1S/C32H47N5O3Si/c1-32(2)12-10-25(11-13-32)28-18-24(19-30(39)34-14-15-36(3)4)8-9-26(28)20-29(38)31-35-27(21-33)22-37(31)23-40-16-17-41(5,6)7/h8-10,18,22H,11-17,19-20,23H2,1-7H3,(H,34,39). The minimum absolute atomic E-state index is 0.0134. The van der Waals surface area contributed by atoms with Crippen molar-refractivity contribution in [3.05, 3.63) is 58.7 Å². The number of Topliss-reactive ketones (excluding diaryl/α,β-unsaturated/α-hetero) is 1. The summed E-state index contributed by atoms with van der Waals surface area (Å²) in [6, 6.07) is 9.06. The molecule has 9 heteroatoms. The Morgan fingerprint density at radius 1 is 1.22 bits per heavy atom. The Morgan fingerprint density at radius 2 is 1.98 bits per heavy atom. The van der Waals surface area contributed by atoms with Gasteiger partial charge in [-0.1, -0.05) is 57.8 Å². The maximum Gasteiger partial charge on any atom is 0.224 e. The summed E-state index contributed by atoms with van der Waals surface area (Å²) in [6.45, 7) is 13.6. The van der Waals surface area contributed by atoms with Gasteiger partial charge in [0.25, 0.3) is 0 Å². The molecule has 0 aliphatic heterocycles. The molecule has 0 saturated heterocycles. The normalized spacial score (nSPS) is 15.0. The van der Waals surface area contributed by atoms with Crippen molar-refractivity contribution in [3.8, 4) is 6.07 Å². The second-order valence-corrected chi connectivity index (χ2v) is 19.0. The van der Waals surface area contributed by atoms with E-state index in [9.17, 15) is 14.9 Å². The van der Waals surface area contributed by atoms with Crippen molar-refractivity contribution < 1.29 is 14.3 Å². The van der Waals surface area contributed by atoms with Crippen LogP contribution in [0, 0.1) is 16.7 Å². The predicted octanol–water partition coefficient (Wildman–Crippen LogP) is 5.31. The number of carbonyl (C=O) groups excluding carboxylic acids is 2. The second-order valence-electron chi connectivity index (χ2n) is 13.4. The number of ketones is 1. The van der Waals surface area contributed by atoms with Crippen molar-refractivity contribution in [2.75, 3.05) is 33.8 Å². The van der Waals surface area contributed by atoms with Gasteiger partial charge in [0.1, 0.15) is 12.8 Å². The largest absolute Gasteiger partial charge is 0.361 e. The molecule has 0 atom stereocenters. The third kappa shape index (κ3) is 10.4. The molecule has 1 aromatic carbocycles. The first-order valence-electron chi connectivity index (χ1n) is 14.6. The number of likely N-dealkylation sites (N-methyl/N-ethyl adjacent to an activating group) is 1. The van der Waals surface area contributed by atoms with Crippen molar-refractivity contribution >= 4 is 25.3 Å². The molecule has 8 nitrogen and oxygen atoms in total. The van der Waals surface area contributed by atoms with Gasteiger partial charge in [-0.15, -0.1) is 0 Å². The molecule has 0 radical (unpaired) electrons. The van der Waals surface area contributed by atoms with Gasteiger partial charge in [-0.3, -0.25) is 9.59 Å². The third-order valence-corrected chi connectivity index (χ3v) is 9.16. The van der Waals surface area contributed by atoms with Gasteiger partial charge >= 0.3 is 0 Å². The average Bonchev–Trinajstić information content (AvgIpc) is 3.30. The number of carbonyl (C=O) groups is 2. The van der Waals surface area contributed by atoms with E-state index in [0.717, 1.165) is 48.5 Å². The SMILES string of the molecule is CN(C)CCNC(=O)Cc1ccc(CC(=O)c2nc(C#N)cn2COCC[Si](C)(C)C)c(C2=CCC(C)(C)CC2)c1. The van der Waals surface area contributed by atoms with Gasteiger partial charge < -0.3 is 19.5 Å². The Morgan fingerprint density at radius 3 is 2.61 bits per heavy atom. The van der Waals surface area contributed by atoms with Crippen LogP contribution in [0.2, 0.25) is 25.7 Å². The topological polar surface area (TPSA) is 100 Å². The van der Waals surface area contributed by atoms with Crippen LogP contribution in [0.25, 0.3) is 5.57 Å². The van der Waals surface area contributed by atoms with Crippen LogP contribution in [0.4, 0.5) is 0 Å². The van der Waals surface area contributed by atoms with Crippen molar-refractivity contribution in [1.82, 2.24) is 19.8 Å². The molecule has 0 bridgehead atoms. The number of nitriles is 1. The van der Waals surface area contributed by atoms with E-state index in [0.29, 0.717) is 13.2 Å². The Kier molecular flexibility index (Phi) is 11.2. The van der Waals surface area contributed by atoms with E-state index in [1.54, 1.807) is 10.8 Å². The molecule has 41 heavy (non-hydrogen) atoms. The van der Waals surface area contributed by atoms with Crippen LogP contribution in [0.5, 0.6) is 0 Å². The number of rotatable bonds is 14. The summed E-state index contributed by atoms with van der Waals surface area (Å²) in [4.78, 5) is 32.6. The van der Waals surface area contributed by atoms with Gasteiger partial charge in [-0.2, -0.15) is 5.26 Å². The first kappa shape index (κ1) is 32.5. The average molecular weight is 578 g/mol. The lowest BCUT2D eigenvalue weighted by molar-refractivity contribution is -0.120. The van der Waals surface area contributed by atoms with Gasteiger partial charge in [0.2, 0.25) is 11.7 Å². The maximum atomic E-state index is 13.6. The van der Waals surface area contributed by atoms with Crippen LogP contribution in [0.15, 0.2) is 30.5 Å². The van der Waals surface area contributed by atoms with E-state index >= 15 is 0 Å². The molecule has 222 valence electrons. The third-order valence-electron chi connectivity index (χ3n) is 7.46. The summed E-state index contributed by atoms with van der Waals surface area (Å²) in [5, 5.41) is 12.4. The number of nitrogens with one attached hydrogen (secondary N) is 1. The van der Waals surface area contributed by atoms with Gasteiger partial charge in [0, 0.05) is 40.4 Å². The highest BCUT2D eigenvalue weighted by Crippen LogP contribution is 2.39. The molecular weight excluding hydrogens is 530 g/mol. The maximum absolute atomic E-state index is 13.6. The minimum atomic E-state index is -1.24. The smallest absolute Gasteiger partial charge is 0.224 e. The lowest BCUT2D eigenvalue weighted by atomic mass is 9.76. The number of amides is 1. The fourth-order valence-corrected chi connectivity index (χ4v) is 5.52. The molecule has 1 heterocycles. The molecule has 1 aliphatic rings. The van der Waals surface area contributed by atoms with Crippen LogP contribution in [-0.2, 0) is 29.1 Å². The van der Waals surface area contributed by atoms with Gasteiger partial charge in [0.15, 0.2) is 11.5 Å². The molecule has 1 aliphatic carbocycles. The van der Waals surface area contributed by atoms with E-state index in [1.807, 2.05) is 31.1 Å². The highest BCUT2D eigenvalue weighted by molar-refractivity contribution is 6.76. The van der Waals surface area contributed by atoms with Gasteiger partial charge in [-0.25, -0.2) is 4.98 Å². The fourth-order valence-electron chi connectivity index (χ4n) is 4.76. The Hall–Kier alpha value is -3.06. The quantitative estimate of drug-likeness (QED) is 0.186. The fraction of sp³-hybridized carbons (Fsp3) is 0.562. The van der Waals surface area contributed by atoms with Crippen LogP contribution in [-0.4, -0.2) is 68.0 Å². The molecule has 1 aromatic heterocycles. The van der Waals surface area contributed by atoms with Gasteiger partial charge in [0.05, 0.1) is 6.42 Å². The van der Waals surface area contributed by atoms with E-state index in [1.165, 1.54) is 5.57 Å².